The number of hydrogen-bond donors (Lipinski definition) is 0. The molecule has 0 aromatic heterocycles. The van der Waals surface area contributed by atoms with Crippen molar-refractivity contribution in [1.29, 1.82) is 0 Å². The van der Waals surface area contributed by atoms with E-state index in [-0.39, 0.29) is 5.97 Å². The van der Waals surface area contributed by atoms with E-state index in [1.807, 2.05) is 6.92 Å². The van der Waals surface area contributed by atoms with Gasteiger partial charge in [-0.3, -0.25) is 0 Å². The Hall–Kier alpha value is -1.27. The monoisotopic (exact) mass is 208 g/mol. The molecule has 0 unspecified atom stereocenters. The zero-order chi connectivity index (χ0) is 11.7. The number of carbonyl (C=O) groups is 1. The van der Waals surface area contributed by atoms with Crippen LogP contribution in [0.5, 0.6) is 0 Å². The number of methoxy groups -OCH3 is 1. The molecule has 0 aromatic carbocycles. The Balaban J connectivity index is 4.51. The average molecular weight is 208 g/mol. The Bertz CT molecular complexity index is 281. The molecule has 0 heterocycles. The van der Waals surface area contributed by atoms with Crippen molar-refractivity contribution in [3.8, 4) is 0 Å². The van der Waals surface area contributed by atoms with Gasteiger partial charge in [0.2, 0.25) is 0 Å². The lowest BCUT2D eigenvalue weighted by molar-refractivity contribution is -0.136. The van der Waals surface area contributed by atoms with E-state index in [1.54, 1.807) is 6.08 Å². The summed E-state index contributed by atoms with van der Waals surface area (Å²) < 4.78 is 4.69. The molecule has 15 heavy (non-hydrogen) atoms. The maximum Gasteiger partial charge on any atom is 0.341 e. The molecule has 0 fully saturated rings. The van der Waals surface area contributed by atoms with Gasteiger partial charge in [-0.15, -0.1) is 5.73 Å². The molecule has 0 aliphatic heterocycles. The first kappa shape index (κ1) is 13.7. The molecule has 0 aliphatic carbocycles. The van der Waals surface area contributed by atoms with Crippen molar-refractivity contribution in [2.45, 2.75) is 39.5 Å². The quantitative estimate of drug-likeness (QED) is 0.220. The lowest BCUT2D eigenvalue weighted by Crippen LogP contribution is -2.03. The number of allylic oxidation sites excluding steroid dienone is 1. The summed E-state index contributed by atoms with van der Waals surface area (Å²) in [5.41, 5.74) is 4.43. The van der Waals surface area contributed by atoms with Crippen molar-refractivity contribution in [3.63, 3.8) is 0 Å². The molecule has 2 heteroatoms. The van der Waals surface area contributed by atoms with Crippen molar-refractivity contribution < 1.29 is 9.53 Å². The molecule has 0 rings (SSSR count). The van der Waals surface area contributed by atoms with Crippen LogP contribution in [0.4, 0.5) is 0 Å². The second kappa shape index (κ2) is 8.07. The van der Waals surface area contributed by atoms with Crippen LogP contribution in [0.25, 0.3) is 0 Å². The first-order valence-electron chi connectivity index (χ1n) is 5.31. The van der Waals surface area contributed by atoms with Crippen molar-refractivity contribution in [2.75, 3.05) is 7.11 Å². The lowest BCUT2D eigenvalue weighted by Gasteiger charge is -2.01. The molecule has 0 saturated heterocycles. The zero-order valence-electron chi connectivity index (χ0n) is 9.93. The second-order valence-electron chi connectivity index (χ2n) is 3.56. The summed E-state index contributed by atoms with van der Waals surface area (Å²) in [5, 5.41) is 0. The third kappa shape index (κ3) is 6.75. The molecule has 84 valence electrons. The second-order valence-corrected chi connectivity index (χ2v) is 3.56. The molecule has 2 nitrogen and oxygen atoms in total. The van der Waals surface area contributed by atoms with E-state index in [4.69, 9.17) is 0 Å². The largest absolute Gasteiger partial charge is 0.465 e. The fourth-order valence-corrected chi connectivity index (χ4v) is 1.12. The highest BCUT2D eigenvalue weighted by atomic mass is 16.5. The molecule has 0 aromatic rings. The summed E-state index contributed by atoms with van der Waals surface area (Å²) in [7, 11) is 1.39. The highest BCUT2D eigenvalue weighted by Gasteiger charge is 2.07. The third-order valence-corrected chi connectivity index (χ3v) is 1.95. The number of ether oxygens (including phenoxy) is 1. The number of unbranched alkanes of at least 4 members (excludes halogenated alkanes) is 2. The van der Waals surface area contributed by atoms with Gasteiger partial charge in [0.15, 0.2) is 0 Å². The van der Waals surface area contributed by atoms with Gasteiger partial charge in [-0.1, -0.05) is 31.9 Å². The van der Waals surface area contributed by atoms with Crippen molar-refractivity contribution in [2.24, 2.45) is 0 Å². The molecule has 0 bridgehead atoms. The van der Waals surface area contributed by atoms with Crippen molar-refractivity contribution in [1.82, 2.24) is 0 Å². The minimum Gasteiger partial charge on any atom is -0.465 e. The highest BCUT2D eigenvalue weighted by Crippen LogP contribution is 2.09. The topological polar surface area (TPSA) is 26.3 Å². The summed E-state index contributed by atoms with van der Waals surface area (Å²) in [6, 6.07) is 0. The van der Waals surface area contributed by atoms with Gasteiger partial charge in [-0.2, -0.15) is 0 Å². The molecule has 0 spiro atoms. The molecule has 0 N–H and O–H groups in total. The fraction of sp³-hybridized carbons (Fsp3) is 0.538. The smallest absolute Gasteiger partial charge is 0.341 e. The van der Waals surface area contributed by atoms with E-state index in [0.717, 1.165) is 31.3 Å². The average Bonchev–Trinajstić information content (AvgIpc) is 2.21. The fourth-order valence-electron chi connectivity index (χ4n) is 1.12. The predicted molar refractivity (Wildman–Crippen MR) is 62.6 cm³/mol. The predicted octanol–water partition coefficient (Wildman–Crippen LogP) is 3.40. The number of carbonyl (C=O) groups excluding carboxylic acids is 1. The van der Waals surface area contributed by atoms with E-state index in [0.29, 0.717) is 5.57 Å². The van der Waals surface area contributed by atoms with Crippen LogP contribution in [-0.4, -0.2) is 13.1 Å². The standard InChI is InChI=1S/C13H20O2/c1-5-6-7-8-12(13(14)15-4)10-9-11(2)3/h9H,2,5-8H2,1,3-4H3. The lowest BCUT2D eigenvalue weighted by atomic mass is 10.1. The maximum atomic E-state index is 11.3. The van der Waals surface area contributed by atoms with Gasteiger partial charge < -0.3 is 4.74 Å². The Morgan fingerprint density at radius 2 is 2.13 bits per heavy atom. The van der Waals surface area contributed by atoms with Crippen molar-refractivity contribution >= 4 is 5.97 Å². The molecular formula is C13H20O2. The SMILES string of the molecule is C=C(C)C=C=C(CCCCC)C(=O)OC. The van der Waals surface area contributed by atoms with Crippen LogP contribution in [0.3, 0.4) is 0 Å². The highest BCUT2D eigenvalue weighted by molar-refractivity contribution is 5.88. The number of hydrogen-bond acceptors (Lipinski definition) is 2. The zero-order valence-corrected chi connectivity index (χ0v) is 9.93. The Kier molecular flexibility index (Phi) is 7.39. The van der Waals surface area contributed by atoms with Gasteiger partial charge in [-0.25, -0.2) is 4.79 Å². The first-order chi connectivity index (χ1) is 7.11. The van der Waals surface area contributed by atoms with Crippen LogP contribution >= 0.6 is 0 Å². The van der Waals surface area contributed by atoms with Gasteiger partial charge in [0, 0.05) is 0 Å². The number of esters is 1. The summed E-state index contributed by atoms with van der Waals surface area (Å²) in [6.07, 6.45) is 5.70. The van der Waals surface area contributed by atoms with Gasteiger partial charge in [-0.05, 0) is 25.8 Å². The molecule has 0 atom stereocenters. The molecule has 0 amide bonds. The van der Waals surface area contributed by atoms with Crippen LogP contribution in [0.15, 0.2) is 29.5 Å². The van der Waals surface area contributed by atoms with E-state index in [9.17, 15) is 4.79 Å². The van der Waals surface area contributed by atoms with Crippen LogP contribution in [0.2, 0.25) is 0 Å². The Morgan fingerprint density at radius 1 is 1.47 bits per heavy atom. The number of rotatable bonds is 6. The van der Waals surface area contributed by atoms with Gasteiger partial charge >= 0.3 is 5.97 Å². The van der Waals surface area contributed by atoms with Crippen LogP contribution in [0, 0.1) is 0 Å². The van der Waals surface area contributed by atoms with Gasteiger partial charge in [0.05, 0.1) is 12.7 Å². The third-order valence-electron chi connectivity index (χ3n) is 1.95. The molecule has 0 saturated carbocycles. The van der Waals surface area contributed by atoms with E-state index < -0.39 is 0 Å². The minimum absolute atomic E-state index is 0.288. The van der Waals surface area contributed by atoms with Crippen molar-refractivity contribution in [3.05, 3.63) is 29.5 Å². The van der Waals surface area contributed by atoms with E-state index >= 15 is 0 Å². The summed E-state index contributed by atoms with van der Waals surface area (Å²) in [6.45, 7) is 7.72. The molecule has 0 aliphatic rings. The summed E-state index contributed by atoms with van der Waals surface area (Å²) in [5.74, 6) is -0.288. The van der Waals surface area contributed by atoms with Gasteiger partial charge in [0.1, 0.15) is 0 Å². The van der Waals surface area contributed by atoms with Crippen LogP contribution in [-0.2, 0) is 9.53 Å². The van der Waals surface area contributed by atoms with Crippen LogP contribution < -0.4 is 0 Å². The maximum absolute atomic E-state index is 11.3. The van der Waals surface area contributed by atoms with Crippen LogP contribution in [0.1, 0.15) is 39.5 Å². The summed E-state index contributed by atoms with van der Waals surface area (Å²) >= 11 is 0. The molecule has 0 radical (unpaired) electrons. The minimum atomic E-state index is -0.288. The Morgan fingerprint density at radius 3 is 2.60 bits per heavy atom. The first-order valence-corrected chi connectivity index (χ1v) is 5.31. The van der Waals surface area contributed by atoms with E-state index in [2.05, 4.69) is 24.0 Å². The summed E-state index contributed by atoms with van der Waals surface area (Å²) in [4.78, 5) is 11.3. The Labute approximate surface area is 92.3 Å². The van der Waals surface area contributed by atoms with E-state index in [1.165, 1.54) is 7.11 Å². The molecular weight excluding hydrogens is 188 g/mol. The van der Waals surface area contributed by atoms with Gasteiger partial charge in [0.25, 0.3) is 0 Å². The normalized spacial score (nSPS) is 9.00.